The maximum Gasteiger partial charge on any atom is 0.0931 e. The lowest BCUT2D eigenvalue weighted by Gasteiger charge is -2.32. The van der Waals surface area contributed by atoms with Crippen LogP contribution in [-0.4, -0.2) is 18.0 Å². The molecular weight excluding hydrogens is 368 g/mol. The summed E-state index contributed by atoms with van der Waals surface area (Å²) in [6, 6.07) is 12.6. The van der Waals surface area contributed by atoms with Crippen LogP contribution in [0.25, 0.3) is 0 Å². The Kier molecular flexibility index (Phi) is 6.26. The minimum absolute atomic E-state index is 0.0900. The lowest BCUT2D eigenvalue weighted by atomic mass is 10.0. The third-order valence-corrected chi connectivity index (χ3v) is 5.69. The number of hydrogen-bond donors (Lipinski definition) is 1. The maximum absolute atomic E-state index is 6.36. The van der Waals surface area contributed by atoms with Crippen LogP contribution in [0.4, 0.5) is 0 Å². The van der Waals surface area contributed by atoms with Gasteiger partial charge in [-0.2, -0.15) is 0 Å². The molecule has 2 aromatic rings. The van der Waals surface area contributed by atoms with Gasteiger partial charge in [-0.1, -0.05) is 52.7 Å². The van der Waals surface area contributed by atoms with Crippen molar-refractivity contribution in [1.82, 2.24) is 4.90 Å². The predicted octanol–water partition coefficient (Wildman–Crippen LogP) is 5.07. The van der Waals surface area contributed by atoms with E-state index in [4.69, 9.17) is 17.3 Å². The molecule has 2 N–H and O–H groups in total. The van der Waals surface area contributed by atoms with Crippen LogP contribution in [0.3, 0.4) is 0 Å². The minimum Gasteiger partial charge on any atom is -0.326 e. The summed E-state index contributed by atoms with van der Waals surface area (Å²) in [6.45, 7) is 2.97. The van der Waals surface area contributed by atoms with Gasteiger partial charge in [0.05, 0.1) is 10.4 Å². The Hall–Kier alpha value is -0.390. The van der Waals surface area contributed by atoms with Crippen LogP contribution < -0.4 is 5.73 Å². The number of nitrogens with two attached hydrogens (primary N) is 1. The fraction of sp³-hybridized carbons (Fsp3) is 0.375. The largest absolute Gasteiger partial charge is 0.326 e. The van der Waals surface area contributed by atoms with Crippen LogP contribution in [0.1, 0.15) is 29.8 Å². The second kappa shape index (κ2) is 7.75. The monoisotopic (exact) mass is 386 g/mol. The Morgan fingerprint density at radius 1 is 1.29 bits per heavy atom. The lowest BCUT2D eigenvalue weighted by molar-refractivity contribution is 0.204. The summed E-state index contributed by atoms with van der Waals surface area (Å²) in [5.74, 6) is 0. The summed E-state index contributed by atoms with van der Waals surface area (Å²) < 4.78 is 1.94. The average molecular weight is 388 g/mol. The first kappa shape index (κ1) is 17.0. The summed E-state index contributed by atoms with van der Waals surface area (Å²) in [5.41, 5.74) is 7.62. The normalized spacial score (nSPS) is 14.4. The SMILES string of the molecule is CCC(N)C(c1ccc(Cl)s1)N(C)Cc1ccccc1Br. The summed E-state index contributed by atoms with van der Waals surface area (Å²) >= 11 is 11.3. The fourth-order valence-electron chi connectivity index (χ4n) is 2.46. The van der Waals surface area contributed by atoms with E-state index in [1.165, 1.54) is 10.4 Å². The zero-order valence-electron chi connectivity index (χ0n) is 12.2. The number of benzene rings is 1. The highest BCUT2D eigenvalue weighted by Crippen LogP contribution is 2.33. The molecule has 1 aromatic heterocycles. The van der Waals surface area contributed by atoms with Crippen LogP contribution in [-0.2, 0) is 6.54 Å². The number of rotatable bonds is 6. The number of halogens is 2. The molecule has 1 aromatic carbocycles. The standard InChI is InChI=1S/C16H20BrClN2S/c1-3-13(19)16(14-8-9-15(18)21-14)20(2)10-11-6-4-5-7-12(11)17/h4-9,13,16H,3,10,19H2,1-2H3. The quantitative estimate of drug-likeness (QED) is 0.749. The molecule has 2 rings (SSSR count). The molecule has 0 radical (unpaired) electrons. The van der Waals surface area contributed by atoms with Gasteiger partial charge in [-0.3, -0.25) is 4.90 Å². The highest BCUT2D eigenvalue weighted by molar-refractivity contribution is 9.10. The van der Waals surface area contributed by atoms with E-state index in [0.29, 0.717) is 0 Å². The van der Waals surface area contributed by atoms with Crippen molar-refractivity contribution >= 4 is 38.9 Å². The predicted molar refractivity (Wildman–Crippen MR) is 95.9 cm³/mol. The molecule has 0 saturated heterocycles. The van der Waals surface area contributed by atoms with Gasteiger partial charge >= 0.3 is 0 Å². The second-order valence-electron chi connectivity index (χ2n) is 5.17. The van der Waals surface area contributed by atoms with Gasteiger partial charge in [-0.25, -0.2) is 0 Å². The van der Waals surface area contributed by atoms with Crippen molar-refractivity contribution in [3.63, 3.8) is 0 Å². The first-order valence-corrected chi connectivity index (χ1v) is 8.96. The van der Waals surface area contributed by atoms with Crippen LogP contribution in [0.15, 0.2) is 40.9 Å². The number of likely N-dealkylation sites (N-methyl/N-ethyl adjacent to an activating group) is 1. The van der Waals surface area contributed by atoms with E-state index in [9.17, 15) is 0 Å². The topological polar surface area (TPSA) is 29.3 Å². The van der Waals surface area contributed by atoms with Crippen molar-refractivity contribution in [2.24, 2.45) is 5.73 Å². The fourth-order valence-corrected chi connectivity index (χ4v) is 4.17. The van der Waals surface area contributed by atoms with Gasteiger partial charge in [-0.05, 0) is 37.2 Å². The first-order chi connectivity index (χ1) is 10.0. The average Bonchev–Trinajstić information content (AvgIpc) is 2.87. The molecule has 2 unspecified atom stereocenters. The summed E-state index contributed by atoms with van der Waals surface area (Å²) in [6.07, 6.45) is 0.931. The molecule has 2 nitrogen and oxygen atoms in total. The van der Waals surface area contributed by atoms with Crippen LogP contribution in [0.5, 0.6) is 0 Å². The third kappa shape index (κ3) is 4.30. The number of thiophene rings is 1. The molecule has 0 aliphatic rings. The van der Waals surface area contributed by atoms with Gasteiger partial charge in [0.25, 0.3) is 0 Å². The van der Waals surface area contributed by atoms with E-state index in [2.05, 4.69) is 59.1 Å². The molecule has 0 saturated carbocycles. The zero-order chi connectivity index (χ0) is 15.4. The summed E-state index contributed by atoms with van der Waals surface area (Å²) in [5, 5.41) is 0. The Labute approximate surface area is 144 Å². The molecule has 1 heterocycles. The number of hydrogen-bond acceptors (Lipinski definition) is 3. The molecule has 0 fully saturated rings. The second-order valence-corrected chi connectivity index (χ2v) is 7.77. The van der Waals surface area contributed by atoms with E-state index in [1.54, 1.807) is 11.3 Å². The molecule has 0 spiro atoms. The van der Waals surface area contributed by atoms with Gasteiger partial charge in [0, 0.05) is 21.9 Å². The van der Waals surface area contributed by atoms with Crippen molar-refractivity contribution in [1.29, 1.82) is 0 Å². The molecule has 114 valence electrons. The Balaban J connectivity index is 2.22. The van der Waals surface area contributed by atoms with E-state index in [0.717, 1.165) is 21.8 Å². The van der Waals surface area contributed by atoms with Crippen molar-refractivity contribution in [3.8, 4) is 0 Å². The van der Waals surface area contributed by atoms with Gasteiger partial charge in [-0.15, -0.1) is 11.3 Å². The first-order valence-electron chi connectivity index (χ1n) is 6.97. The maximum atomic E-state index is 6.36. The highest BCUT2D eigenvalue weighted by atomic mass is 79.9. The van der Waals surface area contributed by atoms with Crippen molar-refractivity contribution in [3.05, 3.63) is 55.6 Å². The van der Waals surface area contributed by atoms with Gasteiger partial charge in [0.2, 0.25) is 0 Å². The van der Waals surface area contributed by atoms with E-state index < -0.39 is 0 Å². The Bertz CT molecular complexity index is 587. The van der Waals surface area contributed by atoms with Crippen LogP contribution in [0.2, 0.25) is 4.34 Å². The van der Waals surface area contributed by atoms with E-state index >= 15 is 0 Å². The smallest absolute Gasteiger partial charge is 0.0931 e. The molecule has 0 amide bonds. The molecule has 0 aliphatic carbocycles. The molecule has 0 bridgehead atoms. The lowest BCUT2D eigenvalue weighted by Crippen LogP contribution is -2.38. The summed E-state index contributed by atoms with van der Waals surface area (Å²) in [4.78, 5) is 3.53. The molecular formula is C16H20BrClN2S. The van der Waals surface area contributed by atoms with Crippen molar-refractivity contribution in [2.75, 3.05) is 7.05 Å². The van der Waals surface area contributed by atoms with Gasteiger partial charge < -0.3 is 5.73 Å². The van der Waals surface area contributed by atoms with Crippen molar-refractivity contribution in [2.45, 2.75) is 32.0 Å². The molecule has 0 aliphatic heterocycles. The van der Waals surface area contributed by atoms with Crippen LogP contribution in [0, 0.1) is 0 Å². The third-order valence-electron chi connectivity index (χ3n) is 3.61. The highest BCUT2D eigenvalue weighted by Gasteiger charge is 2.25. The zero-order valence-corrected chi connectivity index (χ0v) is 15.4. The Morgan fingerprint density at radius 3 is 2.57 bits per heavy atom. The van der Waals surface area contributed by atoms with E-state index in [-0.39, 0.29) is 12.1 Å². The van der Waals surface area contributed by atoms with Crippen molar-refractivity contribution < 1.29 is 0 Å². The summed E-state index contributed by atoms with van der Waals surface area (Å²) in [7, 11) is 2.12. The van der Waals surface area contributed by atoms with Gasteiger partial charge in [0.15, 0.2) is 0 Å². The minimum atomic E-state index is 0.0900. The van der Waals surface area contributed by atoms with Crippen LogP contribution >= 0.6 is 38.9 Å². The molecule has 2 atom stereocenters. The molecule has 21 heavy (non-hydrogen) atoms. The number of nitrogens with zero attached hydrogens (tertiary/aromatic N) is 1. The Morgan fingerprint density at radius 2 is 2.00 bits per heavy atom. The van der Waals surface area contributed by atoms with E-state index in [1.807, 2.05) is 12.1 Å². The molecule has 5 heteroatoms. The van der Waals surface area contributed by atoms with Gasteiger partial charge in [0.1, 0.15) is 0 Å².